The van der Waals surface area contributed by atoms with Crippen molar-refractivity contribution in [2.75, 3.05) is 0 Å². The first-order chi connectivity index (χ1) is 6.67. The van der Waals surface area contributed by atoms with Crippen LogP contribution in [0.4, 0.5) is 0 Å². The molecule has 0 spiro atoms. The monoisotopic (exact) mass is 202 g/mol. The average Bonchev–Trinajstić information content (AvgIpc) is 2.18. The Morgan fingerprint density at radius 3 is 2.33 bits per heavy atom. The topological polar surface area (TPSA) is 31.5 Å². The van der Waals surface area contributed by atoms with E-state index in [1.165, 1.54) is 11.1 Å². The van der Waals surface area contributed by atoms with E-state index in [1.54, 1.807) is 0 Å². The zero-order valence-corrected chi connectivity index (χ0v) is 9.33. The van der Waals surface area contributed by atoms with E-state index in [1.807, 2.05) is 0 Å². The highest BCUT2D eigenvalue weighted by atomic mass is 16.0. The van der Waals surface area contributed by atoms with Crippen molar-refractivity contribution >= 4 is 5.57 Å². The van der Waals surface area contributed by atoms with Gasteiger partial charge >= 0.3 is 0 Å². The predicted octanol–water partition coefficient (Wildman–Crippen LogP) is 3.23. The molecule has 0 aromatic heterocycles. The van der Waals surface area contributed by atoms with Gasteiger partial charge in [0.15, 0.2) is 0 Å². The summed E-state index contributed by atoms with van der Waals surface area (Å²) >= 11 is 0. The highest BCUT2D eigenvalue weighted by Gasteiger charge is 2.19. The molecule has 1 nitrogen and oxygen atoms in total. The molecule has 1 aliphatic carbocycles. The maximum atomic E-state index is 2.28. The third kappa shape index (κ3) is 2.80. The molecule has 0 unspecified atom stereocenters. The van der Waals surface area contributed by atoms with Crippen molar-refractivity contribution in [3.05, 3.63) is 54.1 Å². The standard InChI is InChI=1S/C14H16.H2O/c1-14(2)10-6-9-13(11-14)12-7-4-3-5-8-12;/h3-10H,11H2,1-2H3;1H2. The number of hydrogen-bond acceptors (Lipinski definition) is 0. The van der Waals surface area contributed by atoms with Gasteiger partial charge in [-0.15, -0.1) is 0 Å². The van der Waals surface area contributed by atoms with Gasteiger partial charge in [-0.05, 0) is 23.0 Å². The predicted molar refractivity (Wildman–Crippen MR) is 65.6 cm³/mol. The molecule has 0 fully saturated rings. The molecule has 0 amide bonds. The first-order valence-corrected chi connectivity index (χ1v) is 5.11. The molecule has 0 radical (unpaired) electrons. The fraction of sp³-hybridized carbons (Fsp3) is 0.286. The number of rotatable bonds is 1. The van der Waals surface area contributed by atoms with Crippen LogP contribution in [0.1, 0.15) is 25.8 Å². The minimum Gasteiger partial charge on any atom is -0.412 e. The summed E-state index contributed by atoms with van der Waals surface area (Å²) in [4.78, 5) is 0. The largest absolute Gasteiger partial charge is 0.412 e. The van der Waals surface area contributed by atoms with E-state index >= 15 is 0 Å². The van der Waals surface area contributed by atoms with Crippen molar-refractivity contribution in [1.29, 1.82) is 0 Å². The van der Waals surface area contributed by atoms with Gasteiger partial charge in [-0.3, -0.25) is 0 Å². The molecule has 2 rings (SSSR count). The van der Waals surface area contributed by atoms with Crippen LogP contribution >= 0.6 is 0 Å². The molecule has 0 bridgehead atoms. The van der Waals surface area contributed by atoms with Crippen LogP contribution in [-0.4, -0.2) is 5.48 Å². The van der Waals surface area contributed by atoms with Crippen LogP contribution in [0.25, 0.3) is 5.57 Å². The minimum atomic E-state index is 0. The molecule has 0 saturated heterocycles. The van der Waals surface area contributed by atoms with Gasteiger partial charge in [0.2, 0.25) is 0 Å². The maximum absolute atomic E-state index is 2.28. The van der Waals surface area contributed by atoms with E-state index in [4.69, 9.17) is 0 Å². The quantitative estimate of drug-likeness (QED) is 0.669. The molecule has 1 aromatic rings. The number of hydrogen-bond donors (Lipinski definition) is 0. The van der Waals surface area contributed by atoms with E-state index in [0.717, 1.165) is 6.42 Å². The van der Waals surface area contributed by atoms with Crippen molar-refractivity contribution < 1.29 is 5.48 Å². The van der Waals surface area contributed by atoms with E-state index < -0.39 is 0 Å². The van der Waals surface area contributed by atoms with Gasteiger partial charge in [0.25, 0.3) is 0 Å². The second-order valence-electron chi connectivity index (χ2n) is 4.58. The average molecular weight is 202 g/mol. The molecule has 1 heteroatoms. The summed E-state index contributed by atoms with van der Waals surface area (Å²) in [6.45, 7) is 4.55. The molecular formula is C14H18O. The van der Waals surface area contributed by atoms with Gasteiger partial charge in [-0.2, -0.15) is 0 Å². The van der Waals surface area contributed by atoms with Gasteiger partial charge in [-0.1, -0.05) is 62.4 Å². The Hall–Kier alpha value is -1.34. The van der Waals surface area contributed by atoms with E-state index in [9.17, 15) is 0 Å². The summed E-state index contributed by atoms with van der Waals surface area (Å²) in [5.41, 5.74) is 3.10. The zero-order chi connectivity index (χ0) is 10.0. The SMILES string of the molecule is CC1(C)C=CC=C(c2ccccc2)C1.O. The summed E-state index contributed by atoms with van der Waals surface area (Å²) in [7, 11) is 0. The fourth-order valence-electron chi connectivity index (χ4n) is 1.88. The maximum Gasteiger partial charge on any atom is -0.0131 e. The highest BCUT2D eigenvalue weighted by molar-refractivity contribution is 5.69. The lowest BCUT2D eigenvalue weighted by Gasteiger charge is -2.25. The van der Waals surface area contributed by atoms with Crippen LogP contribution in [0.5, 0.6) is 0 Å². The van der Waals surface area contributed by atoms with Crippen molar-refractivity contribution in [2.24, 2.45) is 5.41 Å². The molecule has 0 saturated carbocycles. The summed E-state index contributed by atoms with van der Waals surface area (Å²) in [6, 6.07) is 10.6. The summed E-state index contributed by atoms with van der Waals surface area (Å²) in [5, 5.41) is 0. The minimum absolute atomic E-state index is 0. The van der Waals surface area contributed by atoms with Gasteiger partial charge in [-0.25, -0.2) is 0 Å². The van der Waals surface area contributed by atoms with Crippen LogP contribution in [0.15, 0.2) is 48.6 Å². The van der Waals surface area contributed by atoms with Crippen molar-refractivity contribution in [1.82, 2.24) is 0 Å². The van der Waals surface area contributed by atoms with Crippen LogP contribution in [0.3, 0.4) is 0 Å². The van der Waals surface area contributed by atoms with E-state index in [2.05, 4.69) is 62.4 Å². The Morgan fingerprint density at radius 2 is 1.73 bits per heavy atom. The van der Waals surface area contributed by atoms with Gasteiger partial charge in [0, 0.05) is 0 Å². The van der Waals surface area contributed by atoms with Gasteiger partial charge in [0.1, 0.15) is 0 Å². The molecule has 1 aromatic carbocycles. The Balaban J connectivity index is 0.00000112. The van der Waals surface area contributed by atoms with E-state index in [0.29, 0.717) is 5.41 Å². The van der Waals surface area contributed by atoms with Crippen molar-refractivity contribution in [2.45, 2.75) is 20.3 Å². The molecule has 2 N–H and O–H groups in total. The Morgan fingerprint density at radius 1 is 1.07 bits per heavy atom. The first kappa shape index (κ1) is 11.7. The third-order valence-corrected chi connectivity index (χ3v) is 2.64. The number of allylic oxidation sites excluding steroid dienone is 4. The van der Waals surface area contributed by atoms with Crippen LogP contribution in [0, 0.1) is 5.41 Å². The Labute approximate surface area is 91.4 Å². The number of benzene rings is 1. The zero-order valence-electron chi connectivity index (χ0n) is 9.33. The summed E-state index contributed by atoms with van der Waals surface area (Å²) < 4.78 is 0. The van der Waals surface area contributed by atoms with Crippen LogP contribution in [0.2, 0.25) is 0 Å². The fourth-order valence-corrected chi connectivity index (χ4v) is 1.88. The lowest BCUT2D eigenvalue weighted by atomic mass is 9.80. The normalized spacial score (nSPS) is 17.9. The van der Waals surface area contributed by atoms with Crippen molar-refractivity contribution in [3.8, 4) is 0 Å². The van der Waals surface area contributed by atoms with E-state index in [-0.39, 0.29) is 5.48 Å². The second kappa shape index (κ2) is 4.45. The summed E-state index contributed by atoms with van der Waals surface area (Å²) in [5.74, 6) is 0. The first-order valence-electron chi connectivity index (χ1n) is 5.11. The lowest BCUT2D eigenvalue weighted by Crippen LogP contribution is -2.10. The Kier molecular flexibility index (Phi) is 3.48. The second-order valence-corrected chi connectivity index (χ2v) is 4.58. The van der Waals surface area contributed by atoms with Crippen LogP contribution in [-0.2, 0) is 0 Å². The van der Waals surface area contributed by atoms with Gasteiger partial charge in [0.05, 0.1) is 0 Å². The molecule has 0 heterocycles. The molecule has 15 heavy (non-hydrogen) atoms. The van der Waals surface area contributed by atoms with Crippen molar-refractivity contribution in [3.63, 3.8) is 0 Å². The third-order valence-electron chi connectivity index (χ3n) is 2.64. The smallest absolute Gasteiger partial charge is 0.0131 e. The van der Waals surface area contributed by atoms with Gasteiger partial charge < -0.3 is 5.48 Å². The highest BCUT2D eigenvalue weighted by Crippen LogP contribution is 2.35. The van der Waals surface area contributed by atoms with Crippen LogP contribution < -0.4 is 0 Å². The molecule has 80 valence electrons. The molecular weight excluding hydrogens is 184 g/mol. The molecule has 0 atom stereocenters. The lowest BCUT2D eigenvalue weighted by molar-refractivity contribution is 0.492. The Bertz CT molecular complexity index is 372. The summed E-state index contributed by atoms with van der Waals surface area (Å²) in [6.07, 6.45) is 7.80. The molecule has 0 aliphatic heterocycles. The molecule has 1 aliphatic rings.